The van der Waals surface area contributed by atoms with Gasteiger partial charge < -0.3 is 15.0 Å². The van der Waals surface area contributed by atoms with Gasteiger partial charge in [-0.1, -0.05) is 0 Å². The molecule has 1 atom stereocenters. The van der Waals surface area contributed by atoms with E-state index in [0.29, 0.717) is 12.2 Å². The molecule has 26 heavy (non-hydrogen) atoms. The Bertz CT molecular complexity index is 874. The van der Waals surface area contributed by atoms with Crippen molar-refractivity contribution in [1.29, 1.82) is 0 Å². The standard InChI is InChI=1S/C21H22N2O3/c1-3-26-17-8-6-14(7-9-17)20(24)22-16-11-15-5-4-10-23-19(15)18(12-16)13(2)21(23)25/h6-9,11-13H,3-5,10H2,1-2H3,(H,22,24)/t13-/m0/s1. The highest BCUT2D eigenvalue weighted by atomic mass is 16.5. The number of amides is 2. The van der Waals surface area contributed by atoms with Crippen molar-refractivity contribution >= 4 is 23.2 Å². The van der Waals surface area contributed by atoms with E-state index in [2.05, 4.69) is 5.32 Å². The topological polar surface area (TPSA) is 58.6 Å². The highest BCUT2D eigenvalue weighted by molar-refractivity contribution is 6.08. The van der Waals surface area contributed by atoms with Crippen LogP contribution in [0.2, 0.25) is 0 Å². The summed E-state index contributed by atoms with van der Waals surface area (Å²) in [5.41, 5.74) is 4.56. The lowest BCUT2D eigenvalue weighted by Crippen LogP contribution is -2.32. The molecule has 1 N–H and O–H groups in total. The smallest absolute Gasteiger partial charge is 0.255 e. The lowest BCUT2D eigenvalue weighted by molar-refractivity contribution is -0.119. The Hall–Kier alpha value is -2.82. The van der Waals surface area contributed by atoms with E-state index in [1.54, 1.807) is 24.3 Å². The van der Waals surface area contributed by atoms with Gasteiger partial charge in [-0.05, 0) is 74.2 Å². The maximum Gasteiger partial charge on any atom is 0.255 e. The van der Waals surface area contributed by atoms with Crippen LogP contribution in [0.5, 0.6) is 5.75 Å². The summed E-state index contributed by atoms with van der Waals surface area (Å²) in [7, 11) is 0. The Morgan fingerprint density at radius 2 is 2.04 bits per heavy atom. The molecule has 0 saturated carbocycles. The van der Waals surface area contributed by atoms with Crippen LogP contribution in [-0.4, -0.2) is 25.0 Å². The van der Waals surface area contributed by atoms with Crippen molar-refractivity contribution in [2.45, 2.75) is 32.6 Å². The first-order chi connectivity index (χ1) is 12.6. The molecule has 0 aliphatic carbocycles. The number of carbonyl (C=O) groups excluding carboxylic acids is 2. The molecule has 2 aliphatic heterocycles. The zero-order valence-corrected chi connectivity index (χ0v) is 15.0. The van der Waals surface area contributed by atoms with Gasteiger partial charge in [0.05, 0.1) is 18.2 Å². The molecule has 0 saturated heterocycles. The monoisotopic (exact) mass is 350 g/mol. The molecule has 5 heteroatoms. The van der Waals surface area contributed by atoms with Crippen molar-refractivity contribution in [2.24, 2.45) is 0 Å². The minimum atomic E-state index is -0.162. The van der Waals surface area contributed by atoms with Crippen LogP contribution in [0.15, 0.2) is 36.4 Å². The molecule has 0 fully saturated rings. The minimum Gasteiger partial charge on any atom is -0.494 e. The lowest BCUT2D eigenvalue weighted by atomic mass is 9.96. The first kappa shape index (κ1) is 16.6. The zero-order chi connectivity index (χ0) is 18.3. The van der Waals surface area contributed by atoms with E-state index in [1.165, 1.54) is 0 Å². The van der Waals surface area contributed by atoms with Gasteiger partial charge in [0.1, 0.15) is 5.75 Å². The summed E-state index contributed by atoms with van der Waals surface area (Å²) in [6, 6.07) is 11.0. The van der Waals surface area contributed by atoms with E-state index in [4.69, 9.17) is 4.74 Å². The van der Waals surface area contributed by atoms with Gasteiger partial charge in [-0.2, -0.15) is 0 Å². The molecule has 2 amide bonds. The number of ether oxygens (including phenoxy) is 1. The van der Waals surface area contributed by atoms with E-state index in [1.807, 2.05) is 30.9 Å². The van der Waals surface area contributed by atoms with Crippen LogP contribution in [0, 0.1) is 0 Å². The Kier molecular flexibility index (Phi) is 4.15. The van der Waals surface area contributed by atoms with Crippen molar-refractivity contribution in [3.63, 3.8) is 0 Å². The summed E-state index contributed by atoms with van der Waals surface area (Å²) in [5, 5.41) is 2.98. The fourth-order valence-corrected chi connectivity index (χ4v) is 3.84. The maximum atomic E-state index is 12.6. The molecule has 2 aromatic rings. The van der Waals surface area contributed by atoms with Gasteiger partial charge in [-0.15, -0.1) is 0 Å². The molecule has 0 spiro atoms. The maximum absolute atomic E-state index is 12.6. The number of nitrogens with one attached hydrogen (secondary N) is 1. The Labute approximate surface area is 153 Å². The fourth-order valence-electron chi connectivity index (χ4n) is 3.84. The van der Waals surface area contributed by atoms with Crippen molar-refractivity contribution in [2.75, 3.05) is 23.4 Å². The molecule has 5 nitrogen and oxygen atoms in total. The normalized spacial score (nSPS) is 17.8. The Balaban J connectivity index is 1.59. The predicted octanol–water partition coefficient (Wildman–Crippen LogP) is 3.73. The van der Waals surface area contributed by atoms with E-state index in [0.717, 1.165) is 47.6 Å². The number of rotatable bonds is 4. The summed E-state index contributed by atoms with van der Waals surface area (Å²) in [5.74, 6) is 0.600. The van der Waals surface area contributed by atoms with Crippen LogP contribution in [0.25, 0.3) is 0 Å². The molecule has 0 unspecified atom stereocenters. The summed E-state index contributed by atoms with van der Waals surface area (Å²) in [4.78, 5) is 26.9. The number of nitrogens with zero attached hydrogens (tertiary/aromatic N) is 1. The van der Waals surface area contributed by atoms with E-state index < -0.39 is 0 Å². The second-order valence-electron chi connectivity index (χ2n) is 6.80. The summed E-state index contributed by atoms with van der Waals surface area (Å²) in [6.45, 7) is 5.25. The second-order valence-corrected chi connectivity index (χ2v) is 6.80. The van der Waals surface area contributed by atoms with Crippen LogP contribution >= 0.6 is 0 Å². The average Bonchev–Trinajstić information content (AvgIpc) is 2.89. The highest BCUT2D eigenvalue weighted by Gasteiger charge is 2.37. The molecule has 4 rings (SSSR count). The van der Waals surface area contributed by atoms with Gasteiger partial charge in [-0.25, -0.2) is 0 Å². The van der Waals surface area contributed by atoms with E-state index in [-0.39, 0.29) is 17.7 Å². The highest BCUT2D eigenvalue weighted by Crippen LogP contribution is 2.44. The number of hydrogen-bond acceptors (Lipinski definition) is 3. The summed E-state index contributed by atoms with van der Waals surface area (Å²) < 4.78 is 5.41. The van der Waals surface area contributed by atoms with Crippen LogP contribution in [0.1, 0.15) is 47.7 Å². The van der Waals surface area contributed by atoms with Gasteiger partial charge in [0.2, 0.25) is 5.91 Å². The molecule has 2 aliphatic rings. The van der Waals surface area contributed by atoms with Crippen molar-refractivity contribution in [3.05, 3.63) is 53.1 Å². The van der Waals surface area contributed by atoms with Crippen molar-refractivity contribution in [1.82, 2.24) is 0 Å². The zero-order valence-electron chi connectivity index (χ0n) is 15.0. The number of benzene rings is 2. The van der Waals surface area contributed by atoms with Gasteiger partial charge >= 0.3 is 0 Å². The number of aryl methyl sites for hydroxylation is 1. The molecule has 2 aromatic carbocycles. The largest absolute Gasteiger partial charge is 0.494 e. The molecule has 134 valence electrons. The molecule has 0 aromatic heterocycles. The molecule has 0 bridgehead atoms. The predicted molar refractivity (Wildman–Crippen MR) is 101 cm³/mol. The van der Waals surface area contributed by atoms with Crippen LogP contribution in [0.3, 0.4) is 0 Å². The van der Waals surface area contributed by atoms with Gasteiger partial charge in [-0.3, -0.25) is 9.59 Å². The van der Waals surface area contributed by atoms with Crippen LogP contribution in [0.4, 0.5) is 11.4 Å². The Morgan fingerprint density at radius 1 is 1.27 bits per heavy atom. The molecule has 0 radical (unpaired) electrons. The fraction of sp³-hybridized carbons (Fsp3) is 0.333. The van der Waals surface area contributed by atoms with Gasteiger partial charge in [0.25, 0.3) is 5.91 Å². The number of hydrogen-bond donors (Lipinski definition) is 1. The molecular formula is C21H22N2O3. The Morgan fingerprint density at radius 3 is 2.77 bits per heavy atom. The SMILES string of the molecule is CCOc1ccc(C(=O)Nc2cc3c4c(c2)[C@H](C)C(=O)N4CCC3)cc1. The van der Waals surface area contributed by atoms with Crippen LogP contribution in [-0.2, 0) is 11.2 Å². The summed E-state index contributed by atoms with van der Waals surface area (Å²) in [6.07, 6.45) is 1.90. The molecular weight excluding hydrogens is 328 g/mol. The number of anilines is 2. The quantitative estimate of drug-likeness (QED) is 0.914. The van der Waals surface area contributed by atoms with E-state index in [9.17, 15) is 9.59 Å². The third-order valence-electron chi connectivity index (χ3n) is 5.10. The second kappa shape index (κ2) is 6.48. The minimum absolute atomic E-state index is 0.149. The van der Waals surface area contributed by atoms with Gasteiger partial charge in [0.15, 0.2) is 0 Å². The first-order valence-electron chi connectivity index (χ1n) is 9.11. The third kappa shape index (κ3) is 2.73. The van der Waals surface area contributed by atoms with Crippen molar-refractivity contribution < 1.29 is 14.3 Å². The summed E-state index contributed by atoms with van der Waals surface area (Å²) >= 11 is 0. The number of carbonyl (C=O) groups is 2. The van der Waals surface area contributed by atoms with Crippen LogP contribution < -0.4 is 15.0 Å². The molecule has 2 heterocycles. The first-order valence-corrected chi connectivity index (χ1v) is 9.11. The van der Waals surface area contributed by atoms with Gasteiger partial charge in [0, 0.05) is 17.8 Å². The van der Waals surface area contributed by atoms with Crippen molar-refractivity contribution in [3.8, 4) is 5.75 Å². The third-order valence-corrected chi connectivity index (χ3v) is 5.10. The lowest BCUT2D eigenvalue weighted by Gasteiger charge is -2.26. The van der Waals surface area contributed by atoms with E-state index >= 15 is 0 Å². The average molecular weight is 350 g/mol.